The van der Waals surface area contributed by atoms with Gasteiger partial charge in [0.2, 0.25) is 5.91 Å². The van der Waals surface area contributed by atoms with E-state index in [4.69, 9.17) is 11.4 Å². The largest absolute Gasteiger partial charge is 0.316 e. The highest BCUT2D eigenvalue weighted by Gasteiger charge is 2.35. The van der Waals surface area contributed by atoms with Crippen molar-refractivity contribution in [1.82, 2.24) is 9.55 Å². The summed E-state index contributed by atoms with van der Waals surface area (Å²) in [7, 11) is 0. The van der Waals surface area contributed by atoms with Gasteiger partial charge in [0.1, 0.15) is 5.82 Å². The van der Waals surface area contributed by atoms with Crippen LogP contribution in [0.2, 0.25) is 0 Å². The zero-order valence-corrected chi connectivity index (χ0v) is 15.1. The van der Waals surface area contributed by atoms with E-state index in [0.717, 1.165) is 33.7 Å². The molecule has 0 N–H and O–H groups in total. The molecule has 1 saturated heterocycles. The Bertz CT molecular complexity index is 1020. The molecule has 1 amide bonds. The van der Waals surface area contributed by atoms with Crippen LogP contribution in [0.25, 0.3) is 11.0 Å². The average molecular weight is 343 g/mol. The molecular weight excluding hydrogens is 322 g/mol. The summed E-state index contributed by atoms with van der Waals surface area (Å²) < 4.78 is 2.07. The van der Waals surface area contributed by atoms with Crippen LogP contribution in [0.1, 0.15) is 29.3 Å². The Morgan fingerprint density at radius 1 is 1.15 bits per heavy atom. The standard InChI is InChI=1S/C22H21N3O/c1-4-12-24-19-11-6-5-10-18(19)23-22(24)17-13-20(26)25(14-17)21-15(2)8-7-9-16(21)3/h1,5-11,17H,12-14H2,2-3H3. The number of amides is 1. The van der Waals surface area contributed by atoms with Gasteiger partial charge in [-0.15, -0.1) is 6.42 Å². The van der Waals surface area contributed by atoms with Crippen LogP contribution in [0.4, 0.5) is 5.69 Å². The number of terminal acetylenes is 1. The monoisotopic (exact) mass is 343 g/mol. The molecule has 0 aliphatic carbocycles. The molecule has 2 aromatic carbocycles. The molecule has 1 atom stereocenters. The molecule has 2 heterocycles. The normalized spacial score (nSPS) is 17.0. The number of rotatable bonds is 3. The SMILES string of the molecule is C#CCn1c(C2CC(=O)N(c3c(C)cccc3C)C2)nc2ccccc21. The number of para-hydroxylation sites is 3. The van der Waals surface area contributed by atoms with E-state index in [1.165, 1.54) is 0 Å². The third kappa shape index (κ3) is 2.57. The number of carbonyl (C=O) groups is 1. The van der Waals surface area contributed by atoms with Crippen molar-refractivity contribution in [3.8, 4) is 12.3 Å². The van der Waals surface area contributed by atoms with Crippen LogP contribution in [0, 0.1) is 26.2 Å². The van der Waals surface area contributed by atoms with E-state index in [0.29, 0.717) is 19.5 Å². The van der Waals surface area contributed by atoms with E-state index in [9.17, 15) is 4.79 Å². The molecule has 4 nitrogen and oxygen atoms in total. The molecule has 130 valence electrons. The summed E-state index contributed by atoms with van der Waals surface area (Å²) in [6, 6.07) is 14.1. The third-order valence-corrected chi connectivity index (χ3v) is 5.13. The van der Waals surface area contributed by atoms with Gasteiger partial charge in [-0.3, -0.25) is 4.79 Å². The van der Waals surface area contributed by atoms with Crippen LogP contribution in [-0.4, -0.2) is 22.0 Å². The van der Waals surface area contributed by atoms with E-state index in [-0.39, 0.29) is 11.8 Å². The lowest BCUT2D eigenvalue weighted by atomic mass is 10.1. The van der Waals surface area contributed by atoms with E-state index in [2.05, 4.69) is 36.5 Å². The molecule has 4 rings (SSSR count). The van der Waals surface area contributed by atoms with Gasteiger partial charge in [-0.1, -0.05) is 36.3 Å². The summed E-state index contributed by atoms with van der Waals surface area (Å²) in [6.45, 7) is 5.20. The molecule has 1 aromatic heterocycles. The van der Waals surface area contributed by atoms with Gasteiger partial charge in [0, 0.05) is 24.6 Å². The average Bonchev–Trinajstić information content (AvgIpc) is 3.17. The van der Waals surface area contributed by atoms with E-state index < -0.39 is 0 Å². The van der Waals surface area contributed by atoms with Gasteiger partial charge in [-0.2, -0.15) is 0 Å². The van der Waals surface area contributed by atoms with Crippen molar-refractivity contribution in [3.63, 3.8) is 0 Å². The quantitative estimate of drug-likeness (QED) is 0.678. The van der Waals surface area contributed by atoms with Crippen LogP contribution < -0.4 is 4.90 Å². The summed E-state index contributed by atoms with van der Waals surface area (Å²) in [5.41, 5.74) is 5.22. The first-order valence-corrected chi connectivity index (χ1v) is 8.85. The van der Waals surface area contributed by atoms with Crippen LogP contribution >= 0.6 is 0 Å². The maximum Gasteiger partial charge on any atom is 0.227 e. The number of aryl methyl sites for hydroxylation is 2. The van der Waals surface area contributed by atoms with Gasteiger partial charge in [0.05, 0.1) is 17.6 Å². The number of hydrogen-bond donors (Lipinski definition) is 0. The topological polar surface area (TPSA) is 38.1 Å². The maximum atomic E-state index is 12.8. The van der Waals surface area contributed by atoms with Crippen LogP contribution in [-0.2, 0) is 11.3 Å². The van der Waals surface area contributed by atoms with E-state index >= 15 is 0 Å². The highest BCUT2D eigenvalue weighted by Crippen LogP contribution is 2.35. The van der Waals surface area contributed by atoms with Crippen molar-refractivity contribution < 1.29 is 4.79 Å². The van der Waals surface area contributed by atoms with Gasteiger partial charge in [-0.25, -0.2) is 4.98 Å². The Kier molecular flexibility index (Phi) is 4.00. The van der Waals surface area contributed by atoms with E-state index in [1.54, 1.807) is 0 Å². The molecule has 4 heteroatoms. The first-order chi connectivity index (χ1) is 12.6. The molecule has 0 spiro atoms. The van der Waals surface area contributed by atoms with Crippen LogP contribution in [0.3, 0.4) is 0 Å². The number of hydrogen-bond acceptors (Lipinski definition) is 2. The Morgan fingerprint density at radius 3 is 2.62 bits per heavy atom. The van der Waals surface area contributed by atoms with Crippen molar-refractivity contribution in [2.75, 3.05) is 11.4 Å². The summed E-state index contributed by atoms with van der Waals surface area (Å²) in [5.74, 6) is 3.82. The molecule has 1 aliphatic rings. The van der Waals surface area contributed by atoms with Crippen LogP contribution in [0.5, 0.6) is 0 Å². The molecule has 0 saturated carbocycles. The molecule has 0 radical (unpaired) electrons. The van der Waals surface area contributed by atoms with E-state index in [1.807, 2.05) is 35.2 Å². The number of fused-ring (bicyclic) bond motifs is 1. The lowest BCUT2D eigenvalue weighted by Gasteiger charge is -2.21. The Labute approximate surface area is 153 Å². The maximum absolute atomic E-state index is 12.8. The lowest BCUT2D eigenvalue weighted by molar-refractivity contribution is -0.117. The minimum absolute atomic E-state index is 0.0438. The van der Waals surface area contributed by atoms with Crippen molar-refractivity contribution in [2.45, 2.75) is 32.7 Å². The highest BCUT2D eigenvalue weighted by atomic mass is 16.2. The molecule has 1 unspecified atom stereocenters. The minimum atomic E-state index is 0.0438. The zero-order chi connectivity index (χ0) is 18.3. The van der Waals surface area contributed by atoms with Crippen molar-refractivity contribution >= 4 is 22.6 Å². The zero-order valence-electron chi connectivity index (χ0n) is 15.1. The number of aromatic nitrogens is 2. The first kappa shape index (κ1) is 16.4. The molecule has 3 aromatic rings. The fourth-order valence-corrected chi connectivity index (χ4v) is 3.99. The Balaban J connectivity index is 1.75. The number of nitrogens with zero attached hydrogens (tertiary/aromatic N) is 3. The molecule has 1 fully saturated rings. The smallest absolute Gasteiger partial charge is 0.227 e. The van der Waals surface area contributed by atoms with Gasteiger partial charge in [0.25, 0.3) is 0 Å². The molecule has 26 heavy (non-hydrogen) atoms. The summed E-state index contributed by atoms with van der Waals surface area (Å²) >= 11 is 0. The van der Waals surface area contributed by atoms with Gasteiger partial charge >= 0.3 is 0 Å². The van der Waals surface area contributed by atoms with Gasteiger partial charge in [0.15, 0.2) is 0 Å². The second kappa shape index (κ2) is 6.34. The van der Waals surface area contributed by atoms with Crippen molar-refractivity contribution in [2.24, 2.45) is 0 Å². The Morgan fingerprint density at radius 2 is 1.88 bits per heavy atom. The number of benzene rings is 2. The van der Waals surface area contributed by atoms with Crippen LogP contribution in [0.15, 0.2) is 42.5 Å². The molecular formula is C22H21N3O. The molecule has 0 bridgehead atoms. The summed E-state index contributed by atoms with van der Waals surface area (Å²) in [4.78, 5) is 19.5. The fraction of sp³-hybridized carbons (Fsp3) is 0.273. The van der Waals surface area contributed by atoms with Gasteiger partial charge < -0.3 is 9.47 Å². The third-order valence-electron chi connectivity index (χ3n) is 5.13. The summed E-state index contributed by atoms with van der Waals surface area (Å²) in [6.07, 6.45) is 6.05. The minimum Gasteiger partial charge on any atom is -0.316 e. The summed E-state index contributed by atoms with van der Waals surface area (Å²) in [5, 5.41) is 0. The Hall–Kier alpha value is -3.06. The van der Waals surface area contributed by atoms with Gasteiger partial charge in [-0.05, 0) is 37.1 Å². The molecule has 1 aliphatic heterocycles. The number of anilines is 1. The highest BCUT2D eigenvalue weighted by molar-refractivity contribution is 5.98. The predicted molar refractivity (Wildman–Crippen MR) is 104 cm³/mol. The number of imidazole rings is 1. The second-order valence-corrected chi connectivity index (χ2v) is 6.89. The predicted octanol–water partition coefficient (Wildman–Crippen LogP) is 3.81. The van der Waals surface area contributed by atoms with Crippen molar-refractivity contribution in [3.05, 3.63) is 59.4 Å². The fourth-order valence-electron chi connectivity index (χ4n) is 3.99. The first-order valence-electron chi connectivity index (χ1n) is 8.85. The van der Waals surface area contributed by atoms with Crippen molar-refractivity contribution in [1.29, 1.82) is 0 Å². The second-order valence-electron chi connectivity index (χ2n) is 6.89. The number of carbonyl (C=O) groups excluding carboxylic acids is 1. The lowest BCUT2D eigenvalue weighted by Crippen LogP contribution is -2.26.